The van der Waals surface area contributed by atoms with E-state index in [-0.39, 0.29) is 11.1 Å². The van der Waals surface area contributed by atoms with Crippen LogP contribution in [0.3, 0.4) is 0 Å². The molecule has 22 heavy (non-hydrogen) atoms. The fourth-order valence-electron chi connectivity index (χ4n) is 2.05. The van der Waals surface area contributed by atoms with Gasteiger partial charge in [-0.1, -0.05) is 12.1 Å². The second kappa shape index (κ2) is 5.57. The van der Waals surface area contributed by atoms with Crippen LogP contribution in [0, 0.1) is 0 Å². The lowest BCUT2D eigenvalue weighted by atomic mass is 9.94. The van der Waals surface area contributed by atoms with Gasteiger partial charge in [-0.2, -0.15) is 0 Å². The summed E-state index contributed by atoms with van der Waals surface area (Å²) >= 11 is 0. The Labute approximate surface area is 123 Å². The molecule has 0 bridgehead atoms. The maximum Gasteiger partial charge on any atom is 0.340 e. The van der Waals surface area contributed by atoms with E-state index in [1.54, 1.807) is 0 Å². The number of aromatic carboxylic acids is 2. The predicted octanol–water partition coefficient (Wildman–Crippen LogP) is 1.73. The van der Waals surface area contributed by atoms with Crippen LogP contribution in [0.1, 0.15) is 36.6 Å². The van der Waals surface area contributed by atoms with Crippen LogP contribution < -0.4 is 0 Å². The van der Waals surface area contributed by atoms with E-state index in [9.17, 15) is 24.6 Å². The average Bonchev–Trinajstić information content (AvgIpc) is 2.45. The highest BCUT2D eigenvalue weighted by Gasteiger charge is 2.26. The molecule has 4 N–H and O–H groups in total. The molecule has 0 heterocycles. The third-order valence-corrected chi connectivity index (χ3v) is 3.00. The molecule has 0 fully saturated rings. The van der Waals surface area contributed by atoms with E-state index < -0.39 is 40.3 Å². The minimum Gasteiger partial charge on any atom is -0.507 e. The molecule has 0 saturated heterocycles. The summed E-state index contributed by atoms with van der Waals surface area (Å²) in [5, 5.41) is 37.4. The molecule has 0 aliphatic carbocycles. The van der Waals surface area contributed by atoms with Gasteiger partial charge in [-0.25, -0.2) is 9.59 Å². The molecule has 7 nitrogen and oxygen atoms in total. The summed E-state index contributed by atoms with van der Waals surface area (Å²) in [5.74, 6) is -5.22. The van der Waals surface area contributed by atoms with Crippen LogP contribution in [0.4, 0.5) is 0 Å². The van der Waals surface area contributed by atoms with Crippen molar-refractivity contribution in [2.75, 3.05) is 0 Å². The first-order chi connectivity index (χ1) is 10.3. The van der Waals surface area contributed by atoms with Crippen molar-refractivity contribution in [3.8, 4) is 11.5 Å². The van der Waals surface area contributed by atoms with Gasteiger partial charge in [-0.05, 0) is 24.3 Å². The van der Waals surface area contributed by atoms with E-state index >= 15 is 0 Å². The third-order valence-electron chi connectivity index (χ3n) is 3.00. The molecule has 0 amide bonds. The molecule has 0 saturated carbocycles. The lowest BCUT2D eigenvalue weighted by molar-refractivity contribution is 0.0683. The number of carbonyl (C=O) groups is 3. The van der Waals surface area contributed by atoms with Crippen LogP contribution in [0.15, 0.2) is 36.4 Å². The smallest absolute Gasteiger partial charge is 0.340 e. The molecule has 112 valence electrons. The Morgan fingerprint density at radius 1 is 0.682 bits per heavy atom. The quantitative estimate of drug-likeness (QED) is 0.632. The lowest BCUT2D eigenvalue weighted by Gasteiger charge is -2.10. The van der Waals surface area contributed by atoms with E-state index in [1.165, 1.54) is 12.1 Å². The van der Waals surface area contributed by atoms with Crippen LogP contribution >= 0.6 is 0 Å². The molecule has 2 aromatic rings. The highest BCUT2D eigenvalue weighted by atomic mass is 16.4. The fraction of sp³-hybridized carbons (Fsp3) is 0. The number of rotatable bonds is 4. The molecule has 0 unspecified atom stereocenters. The summed E-state index contributed by atoms with van der Waals surface area (Å²) in [7, 11) is 0. The molecule has 0 radical (unpaired) electrons. The minimum atomic E-state index is -1.53. The van der Waals surface area contributed by atoms with Gasteiger partial charge in [0.25, 0.3) is 0 Å². The molecule has 0 atom stereocenters. The zero-order valence-electron chi connectivity index (χ0n) is 11.0. The van der Waals surface area contributed by atoms with Crippen molar-refractivity contribution in [1.29, 1.82) is 0 Å². The summed E-state index contributed by atoms with van der Waals surface area (Å²) in [6, 6.07) is 7.03. The summed E-state index contributed by atoms with van der Waals surface area (Å²) in [4.78, 5) is 34.8. The normalized spacial score (nSPS) is 10.2. The van der Waals surface area contributed by atoms with Gasteiger partial charge < -0.3 is 20.4 Å². The largest absolute Gasteiger partial charge is 0.507 e. The van der Waals surface area contributed by atoms with E-state index in [2.05, 4.69) is 0 Å². The van der Waals surface area contributed by atoms with Gasteiger partial charge in [0.15, 0.2) is 5.78 Å². The Hall–Kier alpha value is -3.35. The van der Waals surface area contributed by atoms with Gasteiger partial charge in [-0.3, -0.25) is 4.79 Å². The SMILES string of the molecule is O=C(c1cccc(O)c1C(=O)O)c1cccc(O)c1C(=O)O. The summed E-state index contributed by atoms with van der Waals surface area (Å²) in [5.41, 5.74) is -2.01. The Morgan fingerprint density at radius 2 is 1.05 bits per heavy atom. The number of aromatic hydroxyl groups is 2. The third kappa shape index (κ3) is 2.47. The Kier molecular flexibility index (Phi) is 3.81. The molecule has 0 aromatic heterocycles. The molecule has 2 aromatic carbocycles. The number of carbonyl (C=O) groups excluding carboxylic acids is 1. The predicted molar refractivity (Wildman–Crippen MR) is 73.6 cm³/mol. The van der Waals surface area contributed by atoms with Crippen molar-refractivity contribution in [3.63, 3.8) is 0 Å². The minimum absolute atomic E-state index is 0.374. The van der Waals surface area contributed by atoms with Crippen LogP contribution in [0.5, 0.6) is 11.5 Å². The molecular weight excluding hydrogens is 292 g/mol. The molecular formula is C15H10O7. The number of carboxylic acids is 2. The van der Waals surface area contributed by atoms with E-state index in [4.69, 9.17) is 10.2 Å². The number of carboxylic acid groups (broad SMARTS) is 2. The molecule has 0 spiro atoms. The second-order valence-electron chi connectivity index (χ2n) is 4.34. The Bertz CT molecular complexity index is 727. The monoisotopic (exact) mass is 302 g/mol. The van der Waals surface area contributed by atoms with Crippen molar-refractivity contribution < 1.29 is 34.8 Å². The second-order valence-corrected chi connectivity index (χ2v) is 4.34. The van der Waals surface area contributed by atoms with E-state index in [0.29, 0.717) is 0 Å². The maximum atomic E-state index is 12.5. The number of benzene rings is 2. The first-order valence-electron chi connectivity index (χ1n) is 5.99. The standard InChI is InChI=1S/C15H10O7/c16-9-5-1-3-7(11(9)14(19)20)13(18)8-4-2-6-10(17)12(8)15(21)22/h1-6,16-17H,(H,19,20)(H,21,22). The zero-order valence-corrected chi connectivity index (χ0v) is 11.0. The topological polar surface area (TPSA) is 132 Å². The van der Waals surface area contributed by atoms with Crippen molar-refractivity contribution in [2.24, 2.45) is 0 Å². The molecule has 0 aliphatic heterocycles. The van der Waals surface area contributed by atoms with Gasteiger partial charge in [-0.15, -0.1) is 0 Å². The number of phenols is 2. The van der Waals surface area contributed by atoms with Gasteiger partial charge in [0.05, 0.1) is 0 Å². The summed E-state index contributed by atoms with van der Waals surface area (Å²) in [6.45, 7) is 0. The van der Waals surface area contributed by atoms with E-state index in [0.717, 1.165) is 24.3 Å². The lowest BCUT2D eigenvalue weighted by Crippen LogP contribution is -2.14. The number of ketones is 1. The van der Waals surface area contributed by atoms with Gasteiger partial charge in [0.2, 0.25) is 0 Å². The molecule has 2 rings (SSSR count). The summed E-state index contributed by atoms with van der Waals surface area (Å²) < 4.78 is 0. The van der Waals surface area contributed by atoms with Crippen LogP contribution in [-0.4, -0.2) is 38.1 Å². The van der Waals surface area contributed by atoms with Gasteiger partial charge in [0, 0.05) is 11.1 Å². The molecule has 0 aliphatic rings. The van der Waals surface area contributed by atoms with Crippen LogP contribution in [0.2, 0.25) is 0 Å². The maximum absolute atomic E-state index is 12.5. The Balaban J connectivity index is 2.70. The summed E-state index contributed by atoms with van der Waals surface area (Å²) in [6.07, 6.45) is 0. The Morgan fingerprint density at radius 3 is 1.36 bits per heavy atom. The van der Waals surface area contributed by atoms with Crippen molar-refractivity contribution in [3.05, 3.63) is 58.7 Å². The highest BCUT2D eigenvalue weighted by Crippen LogP contribution is 2.27. The van der Waals surface area contributed by atoms with Crippen molar-refractivity contribution in [1.82, 2.24) is 0 Å². The highest BCUT2D eigenvalue weighted by molar-refractivity contribution is 6.19. The first kappa shape index (κ1) is 15.0. The van der Waals surface area contributed by atoms with Crippen molar-refractivity contribution >= 4 is 17.7 Å². The number of hydrogen-bond donors (Lipinski definition) is 4. The number of hydrogen-bond acceptors (Lipinski definition) is 5. The van der Waals surface area contributed by atoms with E-state index in [1.807, 2.05) is 0 Å². The van der Waals surface area contributed by atoms with Gasteiger partial charge in [0.1, 0.15) is 22.6 Å². The van der Waals surface area contributed by atoms with Crippen LogP contribution in [-0.2, 0) is 0 Å². The van der Waals surface area contributed by atoms with Crippen LogP contribution in [0.25, 0.3) is 0 Å². The average molecular weight is 302 g/mol. The molecule has 7 heteroatoms. The first-order valence-corrected chi connectivity index (χ1v) is 5.99. The zero-order chi connectivity index (χ0) is 16.4. The van der Waals surface area contributed by atoms with Gasteiger partial charge >= 0.3 is 11.9 Å². The van der Waals surface area contributed by atoms with Crippen molar-refractivity contribution in [2.45, 2.75) is 0 Å². The fourth-order valence-corrected chi connectivity index (χ4v) is 2.05.